The van der Waals surface area contributed by atoms with Crippen LogP contribution in [-0.2, 0) is 0 Å². The van der Waals surface area contributed by atoms with E-state index in [1.165, 1.54) is 31.3 Å². The van der Waals surface area contributed by atoms with E-state index in [2.05, 4.69) is 43.7 Å². The van der Waals surface area contributed by atoms with Crippen molar-refractivity contribution in [2.75, 3.05) is 13.6 Å². The van der Waals surface area contributed by atoms with Gasteiger partial charge in [-0.3, -0.25) is 4.90 Å². The fourth-order valence-corrected chi connectivity index (χ4v) is 2.51. The van der Waals surface area contributed by atoms with Crippen molar-refractivity contribution in [1.82, 2.24) is 4.90 Å². The molecule has 1 rings (SSSR count). The van der Waals surface area contributed by atoms with Crippen molar-refractivity contribution in [3.05, 3.63) is 36.5 Å². The summed E-state index contributed by atoms with van der Waals surface area (Å²) in [6.07, 6.45) is 13.8. The van der Waals surface area contributed by atoms with Crippen molar-refractivity contribution < 1.29 is 0 Å². The Balaban J connectivity index is 2.47. The maximum absolute atomic E-state index is 3.90. The monoisotopic (exact) mass is 233 g/mol. The van der Waals surface area contributed by atoms with Crippen LogP contribution in [0.3, 0.4) is 0 Å². The van der Waals surface area contributed by atoms with Gasteiger partial charge in [-0.15, -0.1) is 0 Å². The Kier molecular flexibility index (Phi) is 6.28. The summed E-state index contributed by atoms with van der Waals surface area (Å²) in [4.78, 5) is 2.49. The third kappa shape index (κ3) is 4.91. The van der Waals surface area contributed by atoms with Gasteiger partial charge in [-0.05, 0) is 51.1 Å². The highest BCUT2D eigenvalue weighted by Crippen LogP contribution is 2.26. The molecule has 0 unspecified atom stereocenters. The van der Waals surface area contributed by atoms with Crippen molar-refractivity contribution in [2.24, 2.45) is 5.92 Å². The molecule has 0 aliphatic heterocycles. The molecule has 1 aliphatic rings. The number of hydrogen-bond donors (Lipinski definition) is 0. The molecule has 0 spiro atoms. The lowest BCUT2D eigenvalue weighted by Crippen LogP contribution is -2.35. The van der Waals surface area contributed by atoms with Crippen LogP contribution in [0.4, 0.5) is 0 Å². The van der Waals surface area contributed by atoms with E-state index in [0.29, 0.717) is 0 Å². The first-order valence-electron chi connectivity index (χ1n) is 6.82. The van der Waals surface area contributed by atoms with E-state index in [1.807, 2.05) is 13.0 Å². The van der Waals surface area contributed by atoms with E-state index >= 15 is 0 Å². The number of nitrogens with zero attached hydrogens (tertiary/aromatic N) is 1. The summed E-state index contributed by atoms with van der Waals surface area (Å²) in [5.74, 6) is 0.928. The molecular formula is C16H27N. The molecule has 0 aromatic carbocycles. The molecule has 0 aromatic rings. The molecule has 0 bridgehead atoms. The minimum absolute atomic E-state index is 0.764. The summed E-state index contributed by atoms with van der Waals surface area (Å²) >= 11 is 0. The van der Waals surface area contributed by atoms with Gasteiger partial charge in [0.2, 0.25) is 0 Å². The average molecular weight is 233 g/mol. The third-order valence-corrected chi connectivity index (χ3v) is 3.81. The van der Waals surface area contributed by atoms with Crippen LogP contribution in [0.1, 0.15) is 39.5 Å². The summed E-state index contributed by atoms with van der Waals surface area (Å²) in [7, 11) is 2.24. The highest BCUT2D eigenvalue weighted by molar-refractivity contribution is 5.23. The van der Waals surface area contributed by atoms with E-state index in [4.69, 9.17) is 0 Å². The third-order valence-electron chi connectivity index (χ3n) is 3.81. The lowest BCUT2D eigenvalue weighted by Gasteiger charge is -2.33. The Labute approximate surface area is 107 Å². The predicted octanol–water partition coefficient (Wildman–Crippen LogP) is 4.19. The van der Waals surface area contributed by atoms with Crippen LogP contribution in [0.25, 0.3) is 0 Å². The predicted molar refractivity (Wildman–Crippen MR) is 77.1 cm³/mol. The average Bonchev–Trinajstić information content (AvgIpc) is 2.35. The van der Waals surface area contributed by atoms with Crippen LogP contribution < -0.4 is 0 Å². The van der Waals surface area contributed by atoms with Crippen LogP contribution in [0.5, 0.6) is 0 Å². The molecule has 1 heteroatoms. The van der Waals surface area contributed by atoms with Gasteiger partial charge in [0, 0.05) is 12.6 Å². The van der Waals surface area contributed by atoms with Gasteiger partial charge in [0.05, 0.1) is 0 Å². The molecule has 96 valence electrons. The van der Waals surface area contributed by atoms with Crippen LogP contribution in [0, 0.1) is 5.92 Å². The minimum Gasteiger partial charge on any atom is -0.299 e. The number of hydrogen-bond acceptors (Lipinski definition) is 1. The first-order chi connectivity index (χ1) is 8.17. The standard InChI is InChI=1S/C16H27N/c1-5-7-8-15(6-2)13-17(4)16-11-9-14(3)10-12-16/h5-8,14,16H,2,9-13H2,1,3-4H3/b7-5?,15-8+. The zero-order chi connectivity index (χ0) is 12.7. The van der Waals surface area contributed by atoms with Gasteiger partial charge in [0.25, 0.3) is 0 Å². The molecule has 17 heavy (non-hydrogen) atoms. The van der Waals surface area contributed by atoms with Gasteiger partial charge in [-0.2, -0.15) is 0 Å². The van der Waals surface area contributed by atoms with Crippen molar-refractivity contribution in [2.45, 2.75) is 45.6 Å². The van der Waals surface area contributed by atoms with Gasteiger partial charge in [0.1, 0.15) is 0 Å². The minimum atomic E-state index is 0.764. The molecule has 0 atom stereocenters. The van der Waals surface area contributed by atoms with Gasteiger partial charge in [-0.1, -0.05) is 37.8 Å². The molecule has 1 fully saturated rings. The Morgan fingerprint density at radius 2 is 1.94 bits per heavy atom. The summed E-state index contributed by atoms with van der Waals surface area (Å²) in [5.41, 5.74) is 1.31. The Morgan fingerprint density at radius 3 is 2.47 bits per heavy atom. The van der Waals surface area contributed by atoms with E-state index in [1.54, 1.807) is 0 Å². The fraction of sp³-hybridized carbons (Fsp3) is 0.625. The maximum atomic E-state index is 3.90. The molecule has 0 N–H and O–H groups in total. The quantitative estimate of drug-likeness (QED) is 0.644. The lowest BCUT2D eigenvalue weighted by atomic mass is 9.86. The Morgan fingerprint density at radius 1 is 1.29 bits per heavy atom. The number of likely N-dealkylation sites (N-methyl/N-ethyl adjacent to an activating group) is 1. The second-order valence-electron chi connectivity index (χ2n) is 5.30. The normalized spacial score (nSPS) is 26.7. The van der Waals surface area contributed by atoms with Crippen LogP contribution in [-0.4, -0.2) is 24.5 Å². The molecule has 0 amide bonds. The van der Waals surface area contributed by atoms with E-state index in [0.717, 1.165) is 18.5 Å². The molecular weight excluding hydrogens is 206 g/mol. The SMILES string of the molecule is C=C/C(=C\C=CC)CN(C)C1CCC(C)CC1. The van der Waals surface area contributed by atoms with E-state index < -0.39 is 0 Å². The molecule has 1 nitrogen and oxygen atoms in total. The summed E-state index contributed by atoms with van der Waals surface area (Å²) in [6, 6.07) is 0.764. The van der Waals surface area contributed by atoms with Crippen LogP contribution in [0.2, 0.25) is 0 Å². The van der Waals surface area contributed by atoms with Crippen LogP contribution >= 0.6 is 0 Å². The molecule has 0 heterocycles. The summed E-state index contributed by atoms with van der Waals surface area (Å²) < 4.78 is 0. The highest BCUT2D eigenvalue weighted by atomic mass is 15.1. The lowest BCUT2D eigenvalue weighted by molar-refractivity contribution is 0.182. The smallest absolute Gasteiger partial charge is 0.0233 e. The van der Waals surface area contributed by atoms with Crippen LogP contribution in [0.15, 0.2) is 36.5 Å². The van der Waals surface area contributed by atoms with Crippen molar-refractivity contribution in [3.8, 4) is 0 Å². The Hall–Kier alpha value is -0.820. The van der Waals surface area contributed by atoms with Crippen molar-refractivity contribution in [3.63, 3.8) is 0 Å². The van der Waals surface area contributed by atoms with Crippen molar-refractivity contribution >= 4 is 0 Å². The maximum Gasteiger partial charge on any atom is 0.0233 e. The second-order valence-corrected chi connectivity index (χ2v) is 5.30. The number of rotatable bonds is 5. The summed E-state index contributed by atoms with van der Waals surface area (Å²) in [6.45, 7) is 9.33. The highest BCUT2D eigenvalue weighted by Gasteiger charge is 2.21. The molecule has 0 radical (unpaired) electrons. The first kappa shape index (κ1) is 14.2. The topological polar surface area (TPSA) is 3.24 Å². The first-order valence-corrected chi connectivity index (χ1v) is 6.82. The molecule has 0 aromatic heterocycles. The molecule has 0 saturated heterocycles. The van der Waals surface area contributed by atoms with Gasteiger partial charge in [-0.25, -0.2) is 0 Å². The van der Waals surface area contributed by atoms with Crippen molar-refractivity contribution in [1.29, 1.82) is 0 Å². The second kappa shape index (κ2) is 7.50. The Bertz CT molecular complexity index is 280. The van der Waals surface area contributed by atoms with Gasteiger partial charge in [0.15, 0.2) is 0 Å². The number of allylic oxidation sites excluding steroid dienone is 3. The largest absolute Gasteiger partial charge is 0.299 e. The fourth-order valence-electron chi connectivity index (χ4n) is 2.51. The summed E-state index contributed by atoms with van der Waals surface area (Å²) in [5, 5.41) is 0. The zero-order valence-electron chi connectivity index (χ0n) is 11.7. The molecule has 1 saturated carbocycles. The zero-order valence-corrected chi connectivity index (χ0v) is 11.7. The van der Waals surface area contributed by atoms with Gasteiger partial charge < -0.3 is 0 Å². The van der Waals surface area contributed by atoms with E-state index in [9.17, 15) is 0 Å². The molecule has 1 aliphatic carbocycles. The van der Waals surface area contributed by atoms with E-state index in [-0.39, 0.29) is 0 Å². The van der Waals surface area contributed by atoms with Gasteiger partial charge >= 0.3 is 0 Å².